The molecule has 0 aliphatic carbocycles. The SMILES string of the molecule is CC(=O)CCCS(=O)c1ccc(F)c(F)c1. The molecule has 2 nitrogen and oxygen atoms in total. The van der Waals surface area contributed by atoms with Gasteiger partial charge in [-0.25, -0.2) is 8.78 Å². The van der Waals surface area contributed by atoms with Crippen molar-refractivity contribution in [2.75, 3.05) is 5.75 Å². The van der Waals surface area contributed by atoms with Crippen LogP contribution >= 0.6 is 0 Å². The van der Waals surface area contributed by atoms with E-state index in [2.05, 4.69) is 0 Å². The predicted molar refractivity (Wildman–Crippen MR) is 57.5 cm³/mol. The third-order valence-corrected chi connectivity index (χ3v) is 3.45. The Kier molecular flexibility index (Phi) is 4.73. The molecule has 0 heterocycles. The quantitative estimate of drug-likeness (QED) is 0.799. The van der Waals surface area contributed by atoms with E-state index in [9.17, 15) is 17.8 Å². The molecular formula is C11H12F2O2S. The standard InChI is InChI=1S/C11H12F2O2S/c1-8(14)3-2-6-16(15)9-4-5-10(12)11(13)7-9/h4-5,7H,2-3,6H2,1H3. The van der Waals surface area contributed by atoms with Gasteiger partial charge < -0.3 is 4.79 Å². The number of halogens is 2. The van der Waals surface area contributed by atoms with E-state index in [1.165, 1.54) is 13.0 Å². The molecule has 1 aromatic carbocycles. The van der Waals surface area contributed by atoms with Crippen molar-refractivity contribution in [1.29, 1.82) is 0 Å². The summed E-state index contributed by atoms with van der Waals surface area (Å²) in [4.78, 5) is 10.9. The fourth-order valence-electron chi connectivity index (χ4n) is 1.19. The van der Waals surface area contributed by atoms with Gasteiger partial charge in [-0.1, -0.05) is 0 Å². The zero-order valence-corrected chi connectivity index (χ0v) is 9.65. The van der Waals surface area contributed by atoms with Crippen LogP contribution in [0.1, 0.15) is 19.8 Å². The van der Waals surface area contributed by atoms with Gasteiger partial charge in [-0.3, -0.25) is 4.21 Å². The van der Waals surface area contributed by atoms with Crippen LogP contribution in [0.2, 0.25) is 0 Å². The zero-order valence-electron chi connectivity index (χ0n) is 8.83. The molecular weight excluding hydrogens is 234 g/mol. The third-order valence-electron chi connectivity index (χ3n) is 2.01. The van der Waals surface area contributed by atoms with Gasteiger partial charge in [0.15, 0.2) is 11.6 Å². The van der Waals surface area contributed by atoms with E-state index in [0.717, 1.165) is 12.1 Å². The highest BCUT2D eigenvalue weighted by atomic mass is 32.2. The van der Waals surface area contributed by atoms with E-state index in [0.29, 0.717) is 12.8 Å². The Hall–Kier alpha value is -1.10. The highest BCUT2D eigenvalue weighted by Crippen LogP contribution is 2.13. The van der Waals surface area contributed by atoms with Crippen LogP contribution in [-0.4, -0.2) is 15.7 Å². The van der Waals surface area contributed by atoms with E-state index in [1.54, 1.807) is 0 Å². The van der Waals surface area contributed by atoms with Crippen molar-refractivity contribution in [3.63, 3.8) is 0 Å². The number of carbonyl (C=O) groups is 1. The van der Waals surface area contributed by atoms with Gasteiger partial charge in [0.2, 0.25) is 0 Å². The van der Waals surface area contributed by atoms with Crippen molar-refractivity contribution >= 4 is 16.6 Å². The summed E-state index contributed by atoms with van der Waals surface area (Å²) in [5.74, 6) is -1.64. The first-order valence-corrected chi connectivity index (χ1v) is 6.15. The Labute approximate surface area is 95.1 Å². The van der Waals surface area contributed by atoms with Crippen molar-refractivity contribution in [1.82, 2.24) is 0 Å². The summed E-state index contributed by atoms with van der Waals surface area (Å²) in [6.45, 7) is 1.46. The molecule has 0 amide bonds. The molecule has 88 valence electrons. The van der Waals surface area contributed by atoms with Crippen LogP contribution in [0.3, 0.4) is 0 Å². The first-order valence-electron chi connectivity index (χ1n) is 4.83. The second-order valence-electron chi connectivity index (χ2n) is 3.43. The van der Waals surface area contributed by atoms with E-state index < -0.39 is 22.4 Å². The predicted octanol–water partition coefficient (Wildman–Crippen LogP) is 2.44. The van der Waals surface area contributed by atoms with Gasteiger partial charge in [0.25, 0.3) is 0 Å². The molecule has 1 atom stereocenters. The molecule has 0 radical (unpaired) electrons. The summed E-state index contributed by atoms with van der Waals surface area (Å²) >= 11 is 0. The van der Waals surface area contributed by atoms with Crippen molar-refractivity contribution < 1.29 is 17.8 Å². The first kappa shape index (κ1) is 13.0. The Bertz CT molecular complexity index is 418. The summed E-state index contributed by atoms with van der Waals surface area (Å²) in [5.41, 5.74) is 0. The summed E-state index contributed by atoms with van der Waals surface area (Å²) in [7, 11) is -1.38. The lowest BCUT2D eigenvalue weighted by molar-refractivity contribution is -0.117. The van der Waals surface area contributed by atoms with Gasteiger partial charge in [0.05, 0.1) is 10.8 Å². The molecule has 0 aliphatic heterocycles. The van der Waals surface area contributed by atoms with Crippen LogP contribution < -0.4 is 0 Å². The molecule has 0 fully saturated rings. The van der Waals surface area contributed by atoms with E-state index in [1.807, 2.05) is 0 Å². The lowest BCUT2D eigenvalue weighted by Crippen LogP contribution is -2.01. The minimum absolute atomic E-state index is 0.0299. The number of carbonyl (C=O) groups excluding carboxylic acids is 1. The summed E-state index contributed by atoms with van der Waals surface area (Å²) in [6.07, 6.45) is 0.844. The largest absolute Gasteiger partial charge is 0.300 e. The fourth-order valence-corrected chi connectivity index (χ4v) is 2.29. The summed E-state index contributed by atoms with van der Waals surface area (Å²) in [6, 6.07) is 3.18. The van der Waals surface area contributed by atoms with E-state index in [4.69, 9.17) is 0 Å². The highest BCUT2D eigenvalue weighted by molar-refractivity contribution is 7.85. The van der Waals surface area contributed by atoms with Crippen molar-refractivity contribution in [3.05, 3.63) is 29.8 Å². The lowest BCUT2D eigenvalue weighted by Gasteiger charge is -2.02. The molecule has 1 unspecified atom stereocenters. The molecule has 0 aliphatic rings. The first-order chi connectivity index (χ1) is 7.50. The maximum absolute atomic E-state index is 12.8. The molecule has 0 spiro atoms. The number of hydrogen-bond acceptors (Lipinski definition) is 2. The second-order valence-corrected chi connectivity index (χ2v) is 5.00. The summed E-state index contributed by atoms with van der Waals surface area (Å²) < 4.78 is 37.0. The fraction of sp³-hybridized carbons (Fsp3) is 0.364. The maximum Gasteiger partial charge on any atom is 0.160 e. The Morgan fingerprint density at radius 1 is 1.31 bits per heavy atom. The van der Waals surface area contributed by atoms with Crippen molar-refractivity contribution in [2.24, 2.45) is 0 Å². The Morgan fingerprint density at radius 3 is 2.56 bits per heavy atom. The second kappa shape index (κ2) is 5.84. The Balaban J connectivity index is 2.59. The van der Waals surface area contributed by atoms with Crippen LogP contribution in [0.4, 0.5) is 8.78 Å². The van der Waals surface area contributed by atoms with Gasteiger partial charge in [-0.15, -0.1) is 0 Å². The smallest absolute Gasteiger partial charge is 0.160 e. The monoisotopic (exact) mass is 246 g/mol. The molecule has 1 rings (SSSR count). The third kappa shape index (κ3) is 3.81. The summed E-state index contributed by atoms with van der Waals surface area (Å²) in [5, 5.41) is 0. The van der Waals surface area contributed by atoms with Crippen molar-refractivity contribution in [2.45, 2.75) is 24.7 Å². The van der Waals surface area contributed by atoms with Gasteiger partial charge in [-0.05, 0) is 31.5 Å². The van der Waals surface area contributed by atoms with Gasteiger partial charge in [0.1, 0.15) is 5.78 Å². The van der Waals surface area contributed by atoms with Gasteiger partial charge in [-0.2, -0.15) is 0 Å². The Morgan fingerprint density at radius 2 is 2.00 bits per heavy atom. The normalized spacial score (nSPS) is 12.4. The van der Waals surface area contributed by atoms with Gasteiger partial charge >= 0.3 is 0 Å². The molecule has 0 N–H and O–H groups in total. The van der Waals surface area contributed by atoms with E-state index >= 15 is 0 Å². The highest BCUT2D eigenvalue weighted by Gasteiger charge is 2.08. The van der Waals surface area contributed by atoms with Crippen LogP contribution in [-0.2, 0) is 15.6 Å². The van der Waals surface area contributed by atoms with Crippen LogP contribution in [0, 0.1) is 11.6 Å². The molecule has 16 heavy (non-hydrogen) atoms. The van der Waals surface area contributed by atoms with Gasteiger partial charge in [0, 0.05) is 17.1 Å². The molecule has 1 aromatic rings. The number of ketones is 1. The van der Waals surface area contributed by atoms with Crippen LogP contribution in [0.5, 0.6) is 0 Å². The average molecular weight is 246 g/mol. The minimum atomic E-state index is -1.38. The number of hydrogen-bond donors (Lipinski definition) is 0. The maximum atomic E-state index is 12.8. The minimum Gasteiger partial charge on any atom is -0.300 e. The zero-order chi connectivity index (χ0) is 12.1. The lowest BCUT2D eigenvalue weighted by atomic mass is 10.3. The number of benzene rings is 1. The molecule has 0 bridgehead atoms. The average Bonchev–Trinajstić information content (AvgIpc) is 2.21. The molecule has 5 heteroatoms. The van der Waals surface area contributed by atoms with Crippen molar-refractivity contribution in [3.8, 4) is 0 Å². The van der Waals surface area contributed by atoms with E-state index in [-0.39, 0.29) is 16.4 Å². The van der Waals surface area contributed by atoms with Crippen LogP contribution in [0.15, 0.2) is 23.1 Å². The number of rotatable bonds is 5. The molecule has 0 aromatic heterocycles. The topological polar surface area (TPSA) is 34.1 Å². The molecule has 0 saturated carbocycles. The molecule has 0 saturated heterocycles. The number of Topliss-reactive ketones (excluding diaryl/α,β-unsaturated/α-hetero) is 1. The van der Waals surface area contributed by atoms with Crippen LogP contribution in [0.25, 0.3) is 0 Å².